The highest BCUT2D eigenvalue weighted by molar-refractivity contribution is 5.95. The predicted octanol–water partition coefficient (Wildman–Crippen LogP) is 3.09. The third kappa shape index (κ3) is 3.08. The maximum absolute atomic E-state index is 11.8. The number of aromatic amines is 1. The van der Waals surface area contributed by atoms with Crippen LogP contribution >= 0.6 is 0 Å². The SMILES string of the molecule is CCNc1c(CC(=O)OC(C)C)[nH]c2ccccc12. The number of H-pyrrole nitrogens is 1. The fraction of sp³-hybridized carbons (Fsp3) is 0.400. The van der Waals surface area contributed by atoms with Crippen molar-refractivity contribution in [3.05, 3.63) is 30.0 Å². The quantitative estimate of drug-likeness (QED) is 0.812. The Morgan fingerprint density at radius 2 is 2.11 bits per heavy atom. The summed E-state index contributed by atoms with van der Waals surface area (Å²) in [6.07, 6.45) is 0.175. The molecule has 4 nitrogen and oxygen atoms in total. The Kier molecular flexibility index (Phi) is 4.10. The number of anilines is 1. The lowest BCUT2D eigenvalue weighted by Gasteiger charge is -2.09. The van der Waals surface area contributed by atoms with E-state index in [1.165, 1.54) is 0 Å². The van der Waals surface area contributed by atoms with Gasteiger partial charge >= 0.3 is 5.97 Å². The zero-order chi connectivity index (χ0) is 13.8. The van der Waals surface area contributed by atoms with E-state index in [1.807, 2.05) is 45.0 Å². The van der Waals surface area contributed by atoms with Gasteiger partial charge in [-0.3, -0.25) is 4.79 Å². The normalized spacial score (nSPS) is 10.9. The monoisotopic (exact) mass is 260 g/mol. The van der Waals surface area contributed by atoms with Gasteiger partial charge in [0.25, 0.3) is 0 Å². The molecule has 0 spiro atoms. The fourth-order valence-electron chi connectivity index (χ4n) is 2.16. The maximum Gasteiger partial charge on any atom is 0.312 e. The largest absolute Gasteiger partial charge is 0.463 e. The molecule has 0 aliphatic carbocycles. The Bertz CT molecular complexity index is 573. The van der Waals surface area contributed by atoms with Gasteiger partial charge in [-0.2, -0.15) is 0 Å². The highest BCUT2D eigenvalue weighted by atomic mass is 16.5. The van der Waals surface area contributed by atoms with Crippen LogP contribution in [0.4, 0.5) is 5.69 Å². The summed E-state index contributed by atoms with van der Waals surface area (Å²) in [5, 5.41) is 4.43. The van der Waals surface area contributed by atoms with Crippen molar-refractivity contribution >= 4 is 22.6 Å². The molecule has 1 heterocycles. The molecule has 4 heteroatoms. The average Bonchev–Trinajstić information content (AvgIpc) is 2.67. The topological polar surface area (TPSA) is 54.1 Å². The zero-order valence-corrected chi connectivity index (χ0v) is 11.6. The van der Waals surface area contributed by atoms with Crippen LogP contribution in [0, 0.1) is 0 Å². The molecule has 0 saturated carbocycles. The number of rotatable bonds is 5. The first-order valence-corrected chi connectivity index (χ1v) is 6.64. The zero-order valence-electron chi connectivity index (χ0n) is 11.6. The standard InChI is InChI=1S/C15H20N2O2/c1-4-16-15-11-7-5-6-8-12(11)17-13(15)9-14(18)19-10(2)3/h5-8,10,16-17H,4,9H2,1-3H3. The van der Waals surface area contributed by atoms with Gasteiger partial charge < -0.3 is 15.0 Å². The minimum Gasteiger partial charge on any atom is -0.463 e. The average molecular weight is 260 g/mol. The van der Waals surface area contributed by atoms with E-state index in [1.54, 1.807) is 0 Å². The van der Waals surface area contributed by atoms with Gasteiger partial charge in [0.2, 0.25) is 0 Å². The molecule has 0 aliphatic rings. The number of nitrogens with one attached hydrogen (secondary N) is 2. The molecule has 2 N–H and O–H groups in total. The lowest BCUT2D eigenvalue weighted by Crippen LogP contribution is -2.14. The van der Waals surface area contributed by atoms with E-state index in [4.69, 9.17) is 4.74 Å². The van der Waals surface area contributed by atoms with Crippen molar-refractivity contribution in [2.75, 3.05) is 11.9 Å². The first-order chi connectivity index (χ1) is 9.11. The van der Waals surface area contributed by atoms with Crippen LogP contribution in [0.2, 0.25) is 0 Å². The second kappa shape index (κ2) is 5.78. The fourth-order valence-corrected chi connectivity index (χ4v) is 2.16. The Labute approximate surface area is 113 Å². The second-order valence-corrected chi connectivity index (χ2v) is 4.77. The van der Waals surface area contributed by atoms with Crippen LogP contribution in [-0.4, -0.2) is 23.6 Å². The molecule has 102 valence electrons. The molecule has 0 saturated heterocycles. The minimum absolute atomic E-state index is 0.0838. The number of ether oxygens (including phenoxy) is 1. The molecule has 1 aromatic heterocycles. The summed E-state index contributed by atoms with van der Waals surface area (Å²) in [5.41, 5.74) is 2.92. The lowest BCUT2D eigenvalue weighted by molar-refractivity contribution is -0.146. The molecule has 0 aliphatic heterocycles. The van der Waals surface area contributed by atoms with Gasteiger partial charge in [-0.15, -0.1) is 0 Å². The number of para-hydroxylation sites is 1. The van der Waals surface area contributed by atoms with Crippen molar-refractivity contribution in [2.45, 2.75) is 33.3 Å². The van der Waals surface area contributed by atoms with Crippen LogP contribution in [-0.2, 0) is 16.0 Å². The summed E-state index contributed by atoms with van der Waals surface area (Å²) in [4.78, 5) is 15.1. The molecule has 0 radical (unpaired) electrons. The molecule has 0 fully saturated rings. The Morgan fingerprint density at radius 1 is 1.37 bits per heavy atom. The number of hydrogen-bond donors (Lipinski definition) is 2. The number of carbonyl (C=O) groups excluding carboxylic acids is 1. The Balaban J connectivity index is 2.31. The summed E-state index contributed by atoms with van der Waals surface area (Å²) < 4.78 is 5.20. The van der Waals surface area contributed by atoms with Gasteiger partial charge in [-0.25, -0.2) is 0 Å². The maximum atomic E-state index is 11.8. The van der Waals surface area contributed by atoms with Crippen LogP contribution in [0.15, 0.2) is 24.3 Å². The van der Waals surface area contributed by atoms with Crippen LogP contribution in [0.25, 0.3) is 10.9 Å². The van der Waals surface area contributed by atoms with Crippen LogP contribution in [0.3, 0.4) is 0 Å². The van der Waals surface area contributed by atoms with Crippen LogP contribution < -0.4 is 5.32 Å². The van der Waals surface area contributed by atoms with Gasteiger partial charge in [0.1, 0.15) is 0 Å². The molecule has 1 aromatic carbocycles. The first-order valence-electron chi connectivity index (χ1n) is 6.64. The van der Waals surface area contributed by atoms with Crippen molar-refractivity contribution in [1.29, 1.82) is 0 Å². The number of hydrogen-bond acceptors (Lipinski definition) is 3. The predicted molar refractivity (Wildman–Crippen MR) is 77.4 cm³/mol. The lowest BCUT2D eigenvalue weighted by atomic mass is 10.2. The van der Waals surface area contributed by atoms with Gasteiger partial charge in [-0.05, 0) is 26.8 Å². The van der Waals surface area contributed by atoms with E-state index in [0.717, 1.165) is 28.8 Å². The summed E-state index contributed by atoms with van der Waals surface area (Å²) in [7, 11) is 0. The summed E-state index contributed by atoms with van der Waals surface area (Å²) in [5.74, 6) is -0.208. The van der Waals surface area contributed by atoms with Crippen LogP contribution in [0.1, 0.15) is 26.5 Å². The smallest absolute Gasteiger partial charge is 0.312 e. The van der Waals surface area contributed by atoms with Crippen molar-refractivity contribution in [3.63, 3.8) is 0 Å². The highest BCUT2D eigenvalue weighted by Gasteiger charge is 2.15. The van der Waals surface area contributed by atoms with E-state index in [9.17, 15) is 4.79 Å². The van der Waals surface area contributed by atoms with E-state index < -0.39 is 0 Å². The number of benzene rings is 1. The van der Waals surface area contributed by atoms with E-state index in [0.29, 0.717) is 0 Å². The van der Waals surface area contributed by atoms with Crippen molar-refractivity contribution in [1.82, 2.24) is 4.98 Å². The molecule has 0 bridgehead atoms. The highest BCUT2D eigenvalue weighted by Crippen LogP contribution is 2.28. The van der Waals surface area contributed by atoms with Crippen LogP contribution in [0.5, 0.6) is 0 Å². The molecule has 0 unspecified atom stereocenters. The third-order valence-electron chi connectivity index (χ3n) is 2.83. The molecular formula is C15H20N2O2. The molecule has 2 aromatic rings. The number of aromatic nitrogens is 1. The van der Waals surface area contributed by atoms with Crippen molar-refractivity contribution in [2.24, 2.45) is 0 Å². The molecule has 19 heavy (non-hydrogen) atoms. The molecule has 0 amide bonds. The Hall–Kier alpha value is -1.97. The summed E-state index contributed by atoms with van der Waals surface area (Å²) in [6.45, 7) is 6.56. The van der Waals surface area contributed by atoms with Gasteiger partial charge in [0.05, 0.1) is 23.9 Å². The second-order valence-electron chi connectivity index (χ2n) is 4.77. The minimum atomic E-state index is -0.208. The molecule has 2 rings (SSSR count). The summed E-state index contributed by atoms with van der Waals surface area (Å²) in [6, 6.07) is 8.02. The van der Waals surface area contributed by atoms with Crippen molar-refractivity contribution < 1.29 is 9.53 Å². The molecular weight excluding hydrogens is 240 g/mol. The third-order valence-corrected chi connectivity index (χ3v) is 2.83. The first kappa shape index (κ1) is 13.5. The van der Waals surface area contributed by atoms with Gasteiger partial charge in [0, 0.05) is 17.4 Å². The molecule has 0 atom stereocenters. The number of esters is 1. The van der Waals surface area contributed by atoms with Gasteiger partial charge in [0.15, 0.2) is 0 Å². The van der Waals surface area contributed by atoms with Gasteiger partial charge in [-0.1, -0.05) is 18.2 Å². The van der Waals surface area contributed by atoms with Crippen molar-refractivity contribution in [3.8, 4) is 0 Å². The summed E-state index contributed by atoms with van der Waals surface area (Å²) >= 11 is 0. The number of carbonyl (C=O) groups is 1. The van der Waals surface area contributed by atoms with E-state index in [2.05, 4.69) is 10.3 Å². The number of fused-ring (bicyclic) bond motifs is 1. The Morgan fingerprint density at radius 3 is 2.79 bits per heavy atom. The van der Waals surface area contributed by atoms with E-state index in [-0.39, 0.29) is 18.5 Å². The van der Waals surface area contributed by atoms with E-state index >= 15 is 0 Å².